The number of fused-ring (bicyclic) bond motifs is 1. The molecule has 0 spiro atoms. The number of hydrogen-bond donors (Lipinski definition) is 2. The number of pyridine rings is 1. The number of sulfonamides is 1. The number of benzene rings is 1. The molecule has 194 valence electrons. The first-order valence-corrected chi connectivity index (χ1v) is 12.8. The number of piperazine rings is 1. The molecule has 1 aliphatic rings. The Balaban J connectivity index is 1.48. The van der Waals surface area contributed by atoms with Crippen molar-refractivity contribution >= 4 is 44.3 Å². The molecule has 2 N–H and O–H groups in total. The lowest BCUT2D eigenvalue weighted by atomic mass is 10.2. The number of carbonyl (C=O) groups is 1. The van der Waals surface area contributed by atoms with Gasteiger partial charge in [0.1, 0.15) is 11.0 Å². The molecule has 3 heterocycles. The number of nitrogens with one attached hydrogen (secondary N) is 1. The lowest BCUT2D eigenvalue weighted by Crippen LogP contribution is -2.49. The number of halogens is 4. The summed E-state index contributed by atoms with van der Waals surface area (Å²) in [7, 11) is -3.88. The van der Waals surface area contributed by atoms with E-state index >= 15 is 0 Å². The Hall–Kier alpha value is -2.71. The minimum Gasteiger partial charge on any atom is -0.395 e. The van der Waals surface area contributed by atoms with Crippen molar-refractivity contribution in [3.63, 3.8) is 0 Å². The second-order valence-corrected chi connectivity index (χ2v) is 10.5. The predicted octanol–water partition coefficient (Wildman–Crippen LogP) is 2.44. The summed E-state index contributed by atoms with van der Waals surface area (Å²) in [6.45, 7) is 0.561. The van der Waals surface area contributed by atoms with Gasteiger partial charge in [-0.05, 0) is 36.4 Å². The molecule has 0 aliphatic carbocycles. The standard InChI is InChI=1S/C22H23ClF3N5O4S/c23-19-12-16(22(24,25)26)13-20(28-19)29-6-8-30(9-7-29)36(34,35)17-1-2-18-15(11-17)3-5-31(18)21(33)14-27-4-10-32/h1-3,5,11-13,27,32H,4,6-10,14H2. The maximum Gasteiger partial charge on any atom is 0.416 e. The monoisotopic (exact) mass is 545 g/mol. The van der Waals surface area contributed by atoms with Crippen molar-refractivity contribution in [3.05, 3.63) is 53.3 Å². The normalized spacial score (nSPS) is 15.5. The molecule has 36 heavy (non-hydrogen) atoms. The van der Waals surface area contributed by atoms with E-state index in [2.05, 4.69) is 10.3 Å². The second-order valence-electron chi connectivity index (χ2n) is 8.13. The van der Waals surface area contributed by atoms with Crippen LogP contribution in [-0.4, -0.2) is 79.2 Å². The fourth-order valence-electron chi connectivity index (χ4n) is 3.97. The van der Waals surface area contributed by atoms with Crippen LogP contribution in [0.1, 0.15) is 10.4 Å². The van der Waals surface area contributed by atoms with Gasteiger partial charge in [0, 0.05) is 44.3 Å². The minimum absolute atomic E-state index is 0.0145. The average molecular weight is 546 g/mol. The van der Waals surface area contributed by atoms with Gasteiger partial charge in [-0.3, -0.25) is 9.36 Å². The molecule has 9 nitrogen and oxygen atoms in total. The lowest BCUT2D eigenvalue weighted by molar-refractivity contribution is -0.137. The van der Waals surface area contributed by atoms with Crippen molar-refractivity contribution in [1.29, 1.82) is 0 Å². The average Bonchev–Trinajstić information content (AvgIpc) is 3.27. The molecule has 1 aliphatic heterocycles. The Labute approximate surface area is 210 Å². The third kappa shape index (κ3) is 5.49. The van der Waals surface area contributed by atoms with Crippen molar-refractivity contribution in [2.24, 2.45) is 0 Å². The number of aliphatic hydroxyl groups is 1. The topological polar surface area (TPSA) is 108 Å². The molecule has 1 aromatic carbocycles. The highest BCUT2D eigenvalue weighted by atomic mass is 35.5. The van der Waals surface area contributed by atoms with Crippen LogP contribution in [0.3, 0.4) is 0 Å². The summed E-state index contributed by atoms with van der Waals surface area (Å²) >= 11 is 5.78. The maximum atomic E-state index is 13.2. The van der Waals surface area contributed by atoms with Crippen LogP contribution in [0.25, 0.3) is 10.9 Å². The first-order valence-electron chi connectivity index (χ1n) is 11.0. The summed E-state index contributed by atoms with van der Waals surface area (Å²) in [5, 5.41) is 11.9. The Morgan fingerprint density at radius 1 is 1.11 bits per heavy atom. The summed E-state index contributed by atoms with van der Waals surface area (Å²) in [5.41, 5.74) is -0.377. The van der Waals surface area contributed by atoms with E-state index in [0.717, 1.165) is 12.1 Å². The number of aromatic nitrogens is 2. The van der Waals surface area contributed by atoms with Crippen LogP contribution in [0.4, 0.5) is 19.0 Å². The van der Waals surface area contributed by atoms with Crippen LogP contribution in [0.2, 0.25) is 5.15 Å². The van der Waals surface area contributed by atoms with Crippen molar-refractivity contribution in [2.75, 3.05) is 50.8 Å². The molecule has 14 heteroatoms. The van der Waals surface area contributed by atoms with Gasteiger partial charge in [-0.15, -0.1) is 0 Å². The molecular formula is C22H23ClF3N5O4S. The molecule has 2 aromatic heterocycles. The van der Waals surface area contributed by atoms with Gasteiger partial charge < -0.3 is 15.3 Å². The summed E-state index contributed by atoms with van der Waals surface area (Å²) in [6, 6.07) is 7.74. The number of nitrogens with zero attached hydrogens (tertiary/aromatic N) is 4. The van der Waals surface area contributed by atoms with E-state index in [9.17, 15) is 26.4 Å². The highest BCUT2D eigenvalue weighted by Gasteiger charge is 2.34. The minimum atomic E-state index is -4.58. The van der Waals surface area contributed by atoms with Crippen molar-refractivity contribution in [1.82, 2.24) is 19.2 Å². The zero-order valence-corrected chi connectivity index (χ0v) is 20.4. The largest absolute Gasteiger partial charge is 0.416 e. The fourth-order valence-corrected chi connectivity index (χ4v) is 5.64. The van der Waals surface area contributed by atoms with Crippen LogP contribution < -0.4 is 10.2 Å². The van der Waals surface area contributed by atoms with Gasteiger partial charge >= 0.3 is 6.18 Å². The first-order chi connectivity index (χ1) is 17.0. The lowest BCUT2D eigenvalue weighted by Gasteiger charge is -2.35. The number of rotatable bonds is 7. The van der Waals surface area contributed by atoms with Crippen LogP contribution in [0, 0.1) is 0 Å². The number of alkyl halides is 3. The molecule has 0 saturated carbocycles. The molecule has 3 aromatic rings. The number of hydrogen-bond acceptors (Lipinski definition) is 7. The molecule has 1 saturated heterocycles. The zero-order chi connectivity index (χ0) is 26.1. The van der Waals surface area contributed by atoms with Gasteiger partial charge in [0.25, 0.3) is 0 Å². The van der Waals surface area contributed by atoms with Crippen molar-refractivity contribution in [3.8, 4) is 0 Å². The zero-order valence-electron chi connectivity index (χ0n) is 18.9. The van der Waals surface area contributed by atoms with Gasteiger partial charge in [-0.25, -0.2) is 13.4 Å². The number of carbonyl (C=O) groups excluding carboxylic acids is 1. The van der Waals surface area contributed by atoms with Gasteiger partial charge in [-0.2, -0.15) is 17.5 Å². The summed E-state index contributed by atoms with van der Waals surface area (Å²) in [4.78, 5) is 18.0. The quantitative estimate of drug-likeness (QED) is 0.347. The van der Waals surface area contributed by atoms with E-state index in [4.69, 9.17) is 16.7 Å². The molecular weight excluding hydrogens is 523 g/mol. The Bertz CT molecular complexity index is 1370. The van der Waals surface area contributed by atoms with E-state index in [0.29, 0.717) is 10.9 Å². The van der Waals surface area contributed by atoms with E-state index in [1.54, 1.807) is 23.2 Å². The van der Waals surface area contributed by atoms with Crippen molar-refractivity contribution < 1.29 is 31.5 Å². The smallest absolute Gasteiger partial charge is 0.395 e. The Morgan fingerprint density at radius 2 is 1.83 bits per heavy atom. The van der Waals surface area contributed by atoms with E-state index in [1.807, 2.05) is 0 Å². The van der Waals surface area contributed by atoms with E-state index in [-0.39, 0.29) is 67.6 Å². The van der Waals surface area contributed by atoms with Crippen molar-refractivity contribution in [2.45, 2.75) is 11.1 Å². The molecule has 0 unspecified atom stereocenters. The van der Waals surface area contributed by atoms with Crippen LogP contribution in [0.15, 0.2) is 47.5 Å². The summed E-state index contributed by atoms with van der Waals surface area (Å²) in [6.07, 6.45) is -3.03. The van der Waals surface area contributed by atoms with E-state index < -0.39 is 21.8 Å². The number of aliphatic hydroxyl groups excluding tert-OH is 1. The third-order valence-electron chi connectivity index (χ3n) is 5.80. The molecule has 0 atom stereocenters. The summed E-state index contributed by atoms with van der Waals surface area (Å²) in [5.74, 6) is -0.221. The SMILES string of the molecule is O=C(CNCCO)n1ccc2cc(S(=O)(=O)N3CCN(c4cc(C(F)(F)F)cc(Cl)n4)CC3)ccc21. The molecule has 4 rings (SSSR count). The highest BCUT2D eigenvalue weighted by molar-refractivity contribution is 7.89. The van der Waals surface area contributed by atoms with Crippen LogP contribution in [0.5, 0.6) is 0 Å². The molecule has 0 amide bonds. The molecule has 1 fully saturated rings. The molecule has 0 radical (unpaired) electrons. The second kappa shape index (κ2) is 10.3. The Kier molecular flexibility index (Phi) is 7.57. The number of anilines is 1. The van der Waals surface area contributed by atoms with Gasteiger partial charge in [-0.1, -0.05) is 11.6 Å². The van der Waals surface area contributed by atoms with Crippen LogP contribution in [-0.2, 0) is 16.2 Å². The highest BCUT2D eigenvalue weighted by Crippen LogP contribution is 2.33. The Morgan fingerprint density at radius 3 is 2.50 bits per heavy atom. The summed E-state index contributed by atoms with van der Waals surface area (Å²) < 4.78 is 68.5. The van der Waals surface area contributed by atoms with Crippen LogP contribution >= 0.6 is 11.6 Å². The maximum absolute atomic E-state index is 13.2. The predicted molar refractivity (Wildman–Crippen MR) is 128 cm³/mol. The van der Waals surface area contributed by atoms with Gasteiger partial charge in [0.2, 0.25) is 15.9 Å². The first kappa shape index (κ1) is 26.4. The van der Waals surface area contributed by atoms with Gasteiger partial charge in [0.15, 0.2) is 0 Å². The molecule has 0 bridgehead atoms. The van der Waals surface area contributed by atoms with E-state index in [1.165, 1.54) is 21.0 Å². The fraction of sp³-hybridized carbons (Fsp3) is 0.364. The third-order valence-corrected chi connectivity index (χ3v) is 7.89. The van der Waals surface area contributed by atoms with Gasteiger partial charge in [0.05, 0.1) is 29.1 Å².